The lowest BCUT2D eigenvalue weighted by Gasteiger charge is -2.05. The van der Waals surface area contributed by atoms with Gasteiger partial charge in [-0.15, -0.1) is 0 Å². The van der Waals surface area contributed by atoms with Crippen LogP contribution in [0.1, 0.15) is 308 Å². The van der Waals surface area contributed by atoms with Crippen molar-refractivity contribution in [2.75, 3.05) is 0 Å². The summed E-state index contributed by atoms with van der Waals surface area (Å²) in [7, 11) is 0. The van der Waals surface area contributed by atoms with Crippen LogP contribution in [0.5, 0.6) is 0 Å². The molecule has 2 N–H and O–H groups in total. The Kier molecular flexibility index (Phi) is 50.2. The van der Waals surface area contributed by atoms with Gasteiger partial charge in [-0.3, -0.25) is 0 Å². The highest BCUT2D eigenvalue weighted by molar-refractivity contribution is 5.79. The van der Waals surface area contributed by atoms with Crippen LogP contribution in [-0.2, 0) is 9.59 Å². The molecule has 0 aliphatic carbocycles. The Morgan fingerprint density at radius 2 is 0.310 bits per heavy atom. The van der Waals surface area contributed by atoms with Gasteiger partial charge < -0.3 is 10.2 Å². The van der Waals surface area contributed by atoms with Crippen molar-refractivity contribution in [2.45, 2.75) is 308 Å². The fourth-order valence-corrected chi connectivity index (χ4v) is 8.67. The average molecular weight is 815 g/mol. The summed E-state index contributed by atoms with van der Waals surface area (Å²) >= 11 is 0. The predicted octanol–water partition coefficient (Wildman–Crippen LogP) is 19.0. The first-order valence-corrected chi connectivity index (χ1v) is 26.4. The van der Waals surface area contributed by atoms with Gasteiger partial charge in [0.2, 0.25) is 0 Å². The summed E-state index contributed by atoms with van der Waals surface area (Å²) in [6, 6.07) is 0. The van der Waals surface area contributed by atoms with Crippen molar-refractivity contribution in [3.63, 3.8) is 0 Å². The molecule has 0 fully saturated rings. The van der Waals surface area contributed by atoms with Crippen LogP contribution in [-0.4, -0.2) is 22.2 Å². The number of unbranched alkanes of at least 4 members (excludes halogenated alkanes) is 47. The third-order valence-corrected chi connectivity index (χ3v) is 12.5. The molecule has 0 bridgehead atoms. The maximum Gasteiger partial charge on any atom is 0.327 e. The van der Waals surface area contributed by atoms with E-state index in [9.17, 15) is 9.59 Å². The molecule has 58 heavy (non-hydrogen) atoms. The predicted molar refractivity (Wildman–Crippen MR) is 255 cm³/mol. The number of carboxylic acids is 2. The molecule has 4 heteroatoms. The van der Waals surface area contributed by atoms with Gasteiger partial charge in [0.15, 0.2) is 0 Å². The molecule has 0 rings (SSSR count). The zero-order chi connectivity index (χ0) is 41.9. The fourth-order valence-electron chi connectivity index (χ4n) is 8.67. The Labute approximate surface area is 363 Å². The molecule has 0 amide bonds. The van der Waals surface area contributed by atoms with Gasteiger partial charge in [-0.1, -0.05) is 295 Å². The highest BCUT2D eigenvalue weighted by Gasteiger charge is 1.99. The third-order valence-electron chi connectivity index (χ3n) is 12.5. The molecular formula is C54H102O4. The maximum absolute atomic E-state index is 10.4. The van der Waals surface area contributed by atoms with Gasteiger partial charge in [-0.25, -0.2) is 9.59 Å². The lowest BCUT2D eigenvalue weighted by atomic mass is 10.0. The van der Waals surface area contributed by atoms with E-state index in [1.54, 1.807) is 12.2 Å². The highest BCUT2D eigenvalue weighted by Crippen LogP contribution is 2.18. The second-order valence-corrected chi connectivity index (χ2v) is 18.3. The molecule has 0 aliphatic heterocycles. The van der Waals surface area contributed by atoms with Gasteiger partial charge in [0.1, 0.15) is 0 Å². The van der Waals surface area contributed by atoms with Crippen LogP contribution < -0.4 is 0 Å². The van der Waals surface area contributed by atoms with Crippen molar-refractivity contribution in [3.05, 3.63) is 24.3 Å². The van der Waals surface area contributed by atoms with Crippen molar-refractivity contribution in [3.8, 4) is 0 Å². The number of aliphatic carboxylic acids is 2. The average Bonchev–Trinajstić information content (AvgIpc) is 3.21. The molecule has 4 nitrogen and oxygen atoms in total. The standard InChI is InChI=1S/C54H102O4/c55-53(56)51-49-47-45-43-41-39-37-35-33-31-29-27-25-23-21-19-17-15-13-11-9-7-5-3-1-2-4-6-8-10-12-14-16-18-20-22-24-26-28-30-32-34-36-38-40-42-44-46-48-50-52-54(57)58/h49-52H,1-48H2,(H,55,56)(H,57,58). The molecule has 0 unspecified atom stereocenters. The maximum atomic E-state index is 10.4. The summed E-state index contributed by atoms with van der Waals surface area (Å²) in [6.45, 7) is 0. The van der Waals surface area contributed by atoms with Crippen LogP contribution in [0.15, 0.2) is 24.3 Å². The topological polar surface area (TPSA) is 74.6 Å². The van der Waals surface area contributed by atoms with Gasteiger partial charge in [-0.05, 0) is 25.7 Å². The van der Waals surface area contributed by atoms with Crippen molar-refractivity contribution in [1.82, 2.24) is 0 Å². The number of hydrogen-bond acceptors (Lipinski definition) is 2. The van der Waals surface area contributed by atoms with Crippen molar-refractivity contribution in [2.24, 2.45) is 0 Å². The van der Waals surface area contributed by atoms with Crippen molar-refractivity contribution < 1.29 is 19.8 Å². The van der Waals surface area contributed by atoms with E-state index >= 15 is 0 Å². The van der Waals surface area contributed by atoms with Gasteiger partial charge in [0.25, 0.3) is 0 Å². The second-order valence-electron chi connectivity index (χ2n) is 18.3. The van der Waals surface area contributed by atoms with Gasteiger partial charge >= 0.3 is 11.9 Å². The van der Waals surface area contributed by atoms with Crippen LogP contribution >= 0.6 is 0 Å². The molecule has 0 radical (unpaired) electrons. The molecule has 0 aliphatic rings. The first-order chi connectivity index (χ1) is 28.6. The van der Waals surface area contributed by atoms with Crippen LogP contribution in [0.4, 0.5) is 0 Å². The first kappa shape index (κ1) is 56.4. The Morgan fingerprint density at radius 1 is 0.207 bits per heavy atom. The molecule has 0 saturated heterocycles. The van der Waals surface area contributed by atoms with E-state index in [4.69, 9.17) is 10.2 Å². The number of hydrogen-bond donors (Lipinski definition) is 2. The molecular weight excluding hydrogens is 713 g/mol. The molecule has 0 aromatic heterocycles. The molecule has 0 aromatic rings. The summed E-state index contributed by atoms with van der Waals surface area (Å²) in [4.78, 5) is 20.9. The lowest BCUT2D eigenvalue weighted by Crippen LogP contribution is -1.86. The van der Waals surface area contributed by atoms with Crippen LogP contribution in [0.25, 0.3) is 0 Å². The Morgan fingerprint density at radius 3 is 0.414 bits per heavy atom. The van der Waals surface area contributed by atoms with E-state index in [2.05, 4.69) is 0 Å². The van der Waals surface area contributed by atoms with Crippen molar-refractivity contribution >= 4 is 11.9 Å². The zero-order valence-corrected chi connectivity index (χ0v) is 39.0. The first-order valence-electron chi connectivity index (χ1n) is 26.4. The van der Waals surface area contributed by atoms with Crippen LogP contribution in [0, 0.1) is 0 Å². The molecule has 0 spiro atoms. The smallest absolute Gasteiger partial charge is 0.327 e. The fraction of sp³-hybridized carbons (Fsp3) is 0.889. The van der Waals surface area contributed by atoms with E-state index in [1.807, 2.05) is 0 Å². The zero-order valence-electron chi connectivity index (χ0n) is 39.0. The Bertz CT molecular complexity index is 793. The summed E-state index contributed by atoms with van der Waals surface area (Å²) in [6.07, 6.45) is 73.0. The molecule has 0 atom stereocenters. The summed E-state index contributed by atoms with van der Waals surface area (Å²) in [5.41, 5.74) is 0. The largest absolute Gasteiger partial charge is 0.478 e. The monoisotopic (exact) mass is 815 g/mol. The lowest BCUT2D eigenvalue weighted by molar-refractivity contribution is -0.132. The second kappa shape index (κ2) is 51.6. The van der Waals surface area contributed by atoms with Crippen LogP contribution in [0.3, 0.4) is 0 Å². The SMILES string of the molecule is O=C(O)C=CCCCCCCCCCCCCCCCCCCCCCCCCCCCCCCCCCCCCCCCCCCCCCCCCC=CC(=O)O. The van der Waals surface area contributed by atoms with E-state index < -0.39 is 11.9 Å². The number of carboxylic acid groups (broad SMARTS) is 2. The van der Waals surface area contributed by atoms with Crippen LogP contribution in [0.2, 0.25) is 0 Å². The Hall–Kier alpha value is -1.58. The van der Waals surface area contributed by atoms with Gasteiger partial charge in [0.05, 0.1) is 0 Å². The van der Waals surface area contributed by atoms with E-state index in [-0.39, 0.29) is 0 Å². The van der Waals surface area contributed by atoms with Crippen molar-refractivity contribution in [1.29, 1.82) is 0 Å². The summed E-state index contributed by atoms with van der Waals surface area (Å²) in [5.74, 6) is -1.66. The number of carbonyl (C=O) groups is 2. The quantitative estimate of drug-likeness (QED) is 0.0474. The normalized spacial score (nSPS) is 11.8. The third kappa shape index (κ3) is 54.4. The Balaban J connectivity index is 3.08. The molecule has 0 aromatic carbocycles. The van der Waals surface area contributed by atoms with Gasteiger partial charge in [0, 0.05) is 12.2 Å². The minimum absolute atomic E-state index is 0.830. The number of allylic oxidation sites excluding steroid dienone is 2. The van der Waals surface area contributed by atoms with E-state index in [0.717, 1.165) is 25.7 Å². The highest BCUT2D eigenvalue weighted by atomic mass is 16.4. The minimum Gasteiger partial charge on any atom is -0.478 e. The molecule has 0 heterocycles. The summed E-state index contributed by atoms with van der Waals surface area (Å²) in [5, 5.41) is 17.2. The summed E-state index contributed by atoms with van der Waals surface area (Å²) < 4.78 is 0. The molecule has 342 valence electrons. The van der Waals surface area contributed by atoms with E-state index in [1.165, 1.54) is 295 Å². The molecule has 0 saturated carbocycles. The van der Waals surface area contributed by atoms with Gasteiger partial charge in [-0.2, -0.15) is 0 Å². The number of rotatable bonds is 51. The van der Waals surface area contributed by atoms with E-state index in [0.29, 0.717) is 0 Å². The minimum atomic E-state index is -0.830.